The Kier molecular flexibility index (Phi) is 4.00. The summed E-state index contributed by atoms with van der Waals surface area (Å²) in [5.41, 5.74) is 3.52. The third-order valence-electron chi connectivity index (χ3n) is 2.57. The van der Waals surface area contributed by atoms with Crippen LogP contribution in [0.25, 0.3) is 5.69 Å². The maximum absolute atomic E-state index is 8.55. The first kappa shape index (κ1) is 12.7. The maximum Gasteiger partial charge on any atom is 0.195 e. The number of hydrogen-bond donors (Lipinski definition) is 0. The van der Waals surface area contributed by atoms with Crippen molar-refractivity contribution in [3.63, 3.8) is 0 Å². The Balaban J connectivity index is 2.28. The molecule has 0 spiro atoms. The molecule has 0 unspecified atom stereocenters. The molecule has 5 heteroatoms. The lowest BCUT2D eigenvalue weighted by molar-refractivity contribution is 0.877. The van der Waals surface area contributed by atoms with Gasteiger partial charge in [-0.05, 0) is 25.5 Å². The Bertz CT molecular complexity index is 583. The van der Waals surface area contributed by atoms with Crippen molar-refractivity contribution in [3.05, 3.63) is 35.7 Å². The Labute approximate surface area is 111 Å². The second-order valence-electron chi connectivity index (χ2n) is 4.03. The molecular weight excluding hydrogens is 244 g/mol. The normalized spacial score (nSPS) is 10.3. The Hall–Kier alpha value is -1.80. The lowest BCUT2D eigenvalue weighted by atomic mass is 10.1. The van der Waals surface area contributed by atoms with Gasteiger partial charge in [-0.2, -0.15) is 5.26 Å². The summed E-state index contributed by atoms with van der Waals surface area (Å²) in [6, 6.07) is 8.42. The molecule has 0 amide bonds. The SMILES string of the molecule is Cc1ccc(-n2cnnc2SCCC#N)c(C)c1. The standard InChI is InChI=1S/C13H14N4S/c1-10-4-5-12(11(2)8-10)17-9-15-16-13(17)18-7-3-6-14/h4-5,8-9H,3,7H2,1-2H3. The third kappa shape index (κ3) is 2.71. The monoisotopic (exact) mass is 258 g/mol. The summed E-state index contributed by atoms with van der Waals surface area (Å²) in [5.74, 6) is 0.736. The zero-order chi connectivity index (χ0) is 13.0. The second kappa shape index (κ2) is 5.69. The van der Waals surface area contributed by atoms with Gasteiger partial charge in [0.1, 0.15) is 6.33 Å². The van der Waals surface area contributed by atoms with E-state index >= 15 is 0 Å². The summed E-state index contributed by atoms with van der Waals surface area (Å²) in [6.45, 7) is 4.15. The lowest BCUT2D eigenvalue weighted by Crippen LogP contribution is -1.98. The van der Waals surface area contributed by atoms with E-state index in [9.17, 15) is 0 Å². The van der Waals surface area contributed by atoms with Gasteiger partial charge in [-0.25, -0.2) is 0 Å². The van der Waals surface area contributed by atoms with Gasteiger partial charge >= 0.3 is 0 Å². The van der Waals surface area contributed by atoms with E-state index in [1.807, 2.05) is 4.57 Å². The molecule has 0 bridgehead atoms. The first-order valence-electron chi connectivity index (χ1n) is 5.70. The van der Waals surface area contributed by atoms with Gasteiger partial charge in [-0.1, -0.05) is 29.5 Å². The minimum atomic E-state index is 0.518. The van der Waals surface area contributed by atoms with Crippen molar-refractivity contribution in [1.29, 1.82) is 5.26 Å². The topological polar surface area (TPSA) is 54.5 Å². The molecule has 0 atom stereocenters. The van der Waals surface area contributed by atoms with E-state index in [1.54, 1.807) is 18.1 Å². The van der Waals surface area contributed by atoms with Crippen LogP contribution in [0.1, 0.15) is 17.5 Å². The molecule has 0 radical (unpaired) electrons. The van der Waals surface area contributed by atoms with E-state index in [0.29, 0.717) is 6.42 Å². The molecule has 18 heavy (non-hydrogen) atoms. The van der Waals surface area contributed by atoms with Gasteiger partial charge in [0, 0.05) is 12.2 Å². The van der Waals surface area contributed by atoms with Gasteiger partial charge in [-0.15, -0.1) is 10.2 Å². The van der Waals surface area contributed by atoms with Crippen LogP contribution in [0.2, 0.25) is 0 Å². The van der Waals surface area contributed by atoms with Gasteiger partial charge in [0.15, 0.2) is 5.16 Å². The molecule has 0 saturated carbocycles. The molecule has 0 aliphatic rings. The number of nitrogens with zero attached hydrogens (tertiary/aromatic N) is 4. The van der Waals surface area contributed by atoms with Crippen LogP contribution in [0.3, 0.4) is 0 Å². The number of aryl methyl sites for hydroxylation is 2. The minimum Gasteiger partial charge on any atom is -0.276 e. The van der Waals surface area contributed by atoms with E-state index in [2.05, 4.69) is 48.3 Å². The van der Waals surface area contributed by atoms with Crippen molar-refractivity contribution >= 4 is 11.8 Å². The van der Waals surface area contributed by atoms with E-state index in [4.69, 9.17) is 5.26 Å². The fourth-order valence-electron chi connectivity index (χ4n) is 1.75. The van der Waals surface area contributed by atoms with Crippen LogP contribution in [0.15, 0.2) is 29.7 Å². The third-order valence-corrected chi connectivity index (χ3v) is 3.52. The summed E-state index contributed by atoms with van der Waals surface area (Å²) in [6.07, 6.45) is 2.23. The Morgan fingerprint density at radius 1 is 1.39 bits per heavy atom. The highest BCUT2D eigenvalue weighted by molar-refractivity contribution is 7.99. The summed E-state index contributed by atoms with van der Waals surface area (Å²) in [7, 11) is 0. The van der Waals surface area contributed by atoms with Crippen LogP contribution < -0.4 is 0 Å². The Morgan fingerprint density at radius 3 is 2.94 bits per heavy atom. The summed E-state index contributed by atoms with van der Waals surface area (Å²) < 4.78 is 1.97. The molecule has 1 aromatic heterocycles. The molecule has 92 valence electrons. The zero-order valence-corrected chi connectivity index (χ0v) is 11.2. The minimum absolute atomic E-state index is 0.518. The van der Waals surface area contributed by atoms with Gasteiger partial charge < -0.3 is 0 Å². The van der Waals surface area contributed by atoms with Crippen molar-refractivity contribution in [3.8, 4) is 11.8 Å². The lowest BCUT2D eigenvalue weighted by Gasteiger charge is -2.09. The quantitative estimate of drug-likeness (QED) is 0.625. The molecule has 0 aliphatic heterocycles. The van der Waals surface area contributed by atoms with Crippen LogP contribution in [0.5, 0.6) is 0 Å². The molecule has 0 aliphatic carbocycles. The van der Waals surface area contributed by atoms with Crippen LogP contribution in [0.4, 0.5) is 0 Å². The molecule has 2 aromatic rings. The first-order valence-corrected chi connectivity index (χ1v) is 6.68. The fourth-order valence-corrected chi connectivity index (χ4v) is 2.52. The Morgan fingerprint density at radius 2 is 2.22 bits per heavy atom. The summed E-state index contributed by atoms with van der Waals surface area (Å²) >= 11 is 1.55. The number of thioether (sulfide) groups is 1. The highest BCUT2D eigenvalue weighted by Gasteiger charge is 2.08. The van der Waals surface area contributed by atoms with Crippen molar-refractivity contribution in [2.75, 3.05) is 5.75 Å². The predicted molar refractivity (Wildman–Crippen MR) is 71.8 cm³/mol. The summed E-state index contributed by atoms with van der Waals surface area (Å²) in [4.78, 5) is 0. The molecular formula is C13H14N4S. The smallest absolute Gasteiger partial charge is 0.195 e. The van der Waals surface area contributed by atoms with Gasteiger partial charge in [0.05, 0.1) is 11.8 Å². The van der Waals surface area contributed by atoms with Crippen LogP contribution >= 0.6 is 11.8 Å². The fraction of sp³-hybridized carbons (Fsp3) is 0.308. The van der Waals surface area contributed by atoms with Crippen LogP contribution in [-0.4, -0.2) is 20.5 Å². The number of benzene rings is 1. The zero-order valence-electron chi connectivity index (χ0n) is 10.4. The van der Waals surface area contributed by atoms with E-state index in [1.165, 1.54) is 11.1 Å². The second-order valence-corrected chi connectivity index (χ2v) is 5.09. The van der Waals surface area contributed by atoms with Crippen LogP contribution in [0, 0.1) is 25.2 Å². The molecule has 4 nitrogen and oxygen atoms in total. The highest BCUT2D eigenvalue weighted by atomic mass is 32.2. The van der Waals surface area contributed by atoms with Gasteiger partial charge in [0.2, 0.25) is 0 Å². The predicted octanol–water partition coefficient (Wildman–Crippen LogP) is 2.89. The molecule has 1 aromatic carbocycles. The number of rotatable bonds is 4. The van der Waals surface area contributed by atoms with Gasteiger partial charge in [0.25, 0.3) is 0 Å². The first-order chi connectivity index (χ1) is 8.72. The van der Waals surface area contributed by atoms with E-state index in [0.717, 1.165) is 16.6 Å². The number of nitriles is 1. The molecule has 1 heterocycles. The maximum atomic E-state index is 8.55. The molecule has 2 rings (SSSR count). The van der Waals surface area contributed by atoms with Crippen LogP contribution in [-0.2, 0) is 0 Å². The largest absolute Gasteiger partial charge is 0.276 e. The van der Waals surface area contributed by atoms with Crippen molar-refractivity contribution in [2.24, 2.45) is 0 Å². The van der Waals surface area contributed by atoms with Gasteiger partial charge in [-0.3, -0.25) is 4.57 Å². The van der Waals surface area contributed by atoms with E-state index in [-0.39, 0.29) is 0 Å². The summed E-state index contributed by atoms with van der Waals surface area (Å²) in [5, 5.41) is 17.4. The van der Waals surface area contributed by atoms with Crippen molar-refractivity contribution in [1.82, 2.24) is 14.8 Å². The van der Waals surface area contributed by atoms with Crippen molar-refractivity contribution in [2.45, 2.75) is 25.4 Å². The average molecular weight is 258 g/mol. The van der Waals surface area contributed by atoms with Crippen molar-refractivity contribution < 1.29 is 0 Å². The van der Waals surface area contributed by atoms with E-state index < -0.39 is 0 Å². The molecule has 0 N–H and O–H groups in total. The number of aromatic nitrogens is 3. The molecule has 0 saturated heterocycles. The number of hydrogen-bond acceptors (Lipinski definition) is 4. The molecule has 0 fully saturated rings. The highest BCUT2D eigenvalue weighted by Crippen LogP contribution is 2.22. The average Bonchev–Trinajstić information content (AvgIpc) is 2.78.